The van der Waals surface area contributed by atoms with Gasteiger partial charge in [-0.05, 0) is 41.0 Å². The predicted molar refractivity (Wildman–Crippen MR) is 118 cm³/mol. The molecule has 2 atom stereocenters. The van der Waals surface area contributed by atoms with Crippen LogP contribution in [0, 0.1) is 5.92 Å². The Bertz CT molecular complexity index is 1080. The molecule has 0 radical (unpaired) electrons. The Morgan fingerprint density at radius 2 is 1.90 bits per heavy atom. The number of carbonyl (C=O) groups excluding carboxylic acids is 1. The fourth-order valence-electron chi connectivity index (χ4n) is 3.53. The van der Waals surface area contributed by atoms with Crippen LogP contribution in [0.5, 0.6) is 0 Å². The van der Waals surface area contributed by atoms with Gasteiger partial charge in [-0.15, -0.1) is 0 Å². The van der Waals surface area contributed by atoms with Crippen molar-refractivity contribution in [1.82, 2.24) is 10.4 Å². The smallest absolute Gasteiger partial charge is 0.243 e. The maximum absolute atomic E-state index is 12.4. The van der Waals surface area contributed by atoms with Gasteiger partial charge in [0.05, 0.1) is 11.7 Å². The summed E-state index contributed by atoms with van der Waals surface area (Å²) >= 11 is 6.23. The van der Waals surface area contributed by atoms with E-state index >= 15 is 0 Å². The molecule has 4 rings (SSSR count). The van der Waals surface area contributed by atoms with Gasteiger partial charge in [-0.1, -0.05) is 74.8 Å². The van der Waals surface area contributed by atoms with E-state index in [-0.39, 0.29) is 23.2 Å². The molecule has 0 aliphatic heterocycles. The highest BCUT2D eigenvalue weighted by Crippen LogP contribution is 2.47. The van der Waals surface area contributed by atoms with Crippen LogP contribution in [0.3, 0.4) is 0 Å². The van der Waals surface area contributed by atoms with E-state index in [1.807, 2.05) is 30.3 Å². The van der Waals surface area contributed by atoms with Crippen molar-refractivity contribution in [3.05, 3.63) is 76.4 Å². The number of pyridine rings is 1. The number of nitrogens with one attached hydrogen (secondary N) is 1. The van der Waals surface area contributed by atoms with Crippen molar-refractivity contribution in [2.45, 2.75) is 38.5 Å². The average Bonchev–Trinajstić information content (AvgIpc) is 3.49. The van der Waals surface area contributed by atoms with Crippen LogP contribution < -0.4 is 5.43 Å². The van der Waals surface area contributed by atoms with E-state index in [2.05, 4.69) is 60.5 Å². The van der Waals surface area contributed by atoms with Crippen molar-refractivity contribution in [3.63, 3.8) is 0 Å². The van der Waals surface area contributed by atoms with Gasteiger partial charge in [0.1, 0.15) is 5.15 Å². The molecular weight excluding hydrogens is 382 g/mol. The molecule has 1 fully saturated rings. The first-order chi connectivity index (χ1) is 13.8. The van der Waals surface area contributed by atoms with Gasteiger partial charge in [0.2, 0.25) is 5.91 Å². The van der Waals surface area contributed by atoms with Gasteiger partial charge in [-0.2, -0.15) is 5.10 Å². The monoisotopic (exact) mass is 405 g/mol. The number of hydrazone groups is 1. The van der Waals surface area contributed by atoms with Gasteiger partial charge < -0.3 is 0 Å². The molecule has 0 saturated heterocycles. The largest absolute Gasteiger partial charge is 0.273 e. The van der Waals surface area contributed by atoms with Crippen molar-refractivity contribution in [1.29, 1.82) is 0 Å². The molecule has 1 aromatic heterocycles. The van der Waals surface area contributed by atoms with E-state index in [0.29, 0.717) is 10.7 Å². The standard InChI is InChI=1S/C24H24ClN3O/c1-24(2,3)18-10-8-15(9-11-18)19-13-20(19)23(29)28-26-14-17-12-16-6-4-5-7-21(16)27-22(17)25/h4-12,14,19-20H,13H2,1-3H3,(H,28,29)/t19-,20-/m0/s1. The van der Waals surface area contributed by atoms with Crippen LogP contribution in [0.2, 0.25) is 5.15 Å². The molecule has 3 aromatic rings. The zero-order valence-corrected chi connectivity index (χ0v) is 17.6. The quantitative estimate of drug-likeness (QED) is 0.357. The van der Waals surface area contributed by atoms with Gasteiger partial charge in [-0.25, -0.2) is 10.4 Å². The predicted octanol–water partition coefficient (Wildman–Crippen LogP) is 5.44. The summed E-state index contributed by atoms with van der Waals surface area (Å²) in [5, 5.41) is 5.44. The SMILES string of the molecule is CC(C)(C)c1ccc([C@@H]2C[C@@H]2C(=O)NN=Cc2cc3ccccc3nc2Cl)cc1. The maximum atomic E-state index is 12.4. The van der Waals surface area contributed by atoms with Crippen LogP contribution in [0.4, 0.5) is 0 Å². The normalized spacial score (nSPS) is 18.9. The third-order valence-electron chi connectivity index (χ3n) is 5.42. The molecule has 0 bridgehead atoms. The number of aromatic nitrogens is 1. The molecular formula is C24H24ClN3O. The summed E-state index contributed by atoms with van der Waals surface area (Å²) in [5.74, 6) is 0.180. The number of halogens is 1. The first-order valence-corrected chi connectivity index (χ1v) is 10.2. The fraction of sp³-hybridized carbons (Fsp3) is 0.292. The summed E-state index contributed by atoms with van der Waals surface area (Å²) in [7, 11) is 0. The highest BCUT2D eigenvalue weighted by Gasteiger charge is 2.44. The van der Waals surface area contributed by atoms with Crippen LogP contribution in [0.25, 0.3) is 10.9 Å². The average molecular weight is 406 g/mol. The van der Waals surface area contributed by atoms with Crippen molar-refractivity contribution in [2.24, 2.45) is 11.0 Å². The summed E-state index contributed by atoms with van der Waals surface area (Å²) in [6.45, 7) is 6.60. The summed E-state index contributed by atoms with van der Waals surface area (Å²) in [5.41, 5.74) is 6.80. The van der Waals surface area contributed by atoms with Gasteiger partial charge in [0.15, 0.2) is 0 Å². The number of nitrogens with zero attached hydrogens (tertiary/aromatic N) is 2. The number of benzene rings is 2. The van der Waals surface area contributed by atoms with Crippen molar-refractivity contribution in [2.75, 3.05) is 0 Å². The second-order valence-corrected chi connectivity index (χ2v) is 8.97. The first kappa shape index (κ1) is 19.6. The Hall–Kier alpha value is -2.72. The molecule has 5 heteroatoms. The maximum Gasteiger partial charge on any atom is 0.243 e. The molecule has 1 aliphatic rings. The Labute approximate surface area is 176 Å². The summed E-state index contributed by atoms with van der Waals surface area (Å²) < 4.78 is 0. The van der Waals surface area contributed by atoms with Crippen molar-refractivity contribution in [3.8, 4) is 0 Å². The molecule has 1 amide bonds. The number of amides is 1. The molecule has 148 valence electrons. The molecule has 1 heterocycles. The van der Waals surface area contributed by atoms with Gasteiger partial charge in [0, 0.05) is 16.9 Å². The lowest BCUT2D eigenvalue weighted by molar-refractivity contribution is -0.122. The highest BCUT2D eigenvalue weighted by atomic mass is 35.5. The van der Waals surface area contributed by atoms with Crippen LogP contribution in [-0.2, 0) is 10.2 Å². The minimum Gasteiger partial charge on any atom is -0.273 e. The lowest BCUT2D eigenvalue weighted by Gasteiger charge is -2.19. The van der Waals surface area contributed by atoms with Crippen molar-refractivity contribution >= 4 is 34.6 Å². The van der Waals surface area contributed by atoms with E-state index in [0.717, 1.165) is 17.3 Å². The van der Waals surface area contributed by atoms with Crippen molar-refractivity contribution < 1.29 is 4.79 Å². The Kier molecular flexibility index (Phi) is 5.13. The number of fused-ring (bicyclic) bond motifs is 1. The number of carbonyl (C=O) groups is 1. The van der Waals surface area contributed by atoms with E-state index in [9.17, 15) is 4.79 Å². The van der Waals surface area contributed by atoms with E-state index < -0.39 is 0 Å². The van der Waals surface area contributed by atoms with Crippen LogP contribution >= 0.6 is 11.6 Å². The van der Waals surface area contributed by atoms with E-state index in [1.54, 1.807) is 6.21 Å². The number of para-hydroxylation sites is 1. The van der Waals surface area contributed by atoms with Gasteiger partial charge in [0.25, 0.3) is 0 Å². The minimum atomic E-state index is -0.0592. The Morgan fingerprint density at radius 3 is 2.62 bits per heavy atom. The topological polar surface area (TPSA) is 54.4 Å². The molecule has 0 spiro atoms. The lowest BCUT2D eigenvalue weighted by atomic mass is 9.86. The lowest BCUT2D eigenvalue weighted by Crippen LogP contribution is -2.20. The summed E-state index contributed by atoms with van der Waals surface area (Å²) in [4.78, 5) is 16.8. The Morgan fingerprint density at radius 1 is 1.17 bits per heavy atom. The molecule has 2 aromatic carbocycles. The third kappa shape index (κ3) is 4.33. The van der Waals surface area contributed by atoms with Crippen LogP contribution in [0.15, 0.2) is 59.7 Å². The molecule has 29 heavy (non-hydrogen) atoms. The van der Waals surface area contributed by atoms with E-state index in [4.69, 9.17) is 11.6 Å². The number of hydrogen-bond donors (Lipinski definition) is 1. The summed E-state index contributed by atoms with van der Waals surface area (Å²) in [6.07, 6.45) is 2.41. The Balaban J connectivity index is 1.38. The second kappa shape index (κ2) is 7.60. The highest BCUT2D eigenvalue weighted by molar-refractivity contribution is 6.32. The summed E-state index contributed by atoms with van der Waals surface area (Å²) in [6, 6.07) is 18.3. The van der Waals surface area contributed by atoms with Crippen LogP contribution in [-0.4, -0.2) is 17.1 Å². The van der Waals surface area contributed by atoms with Crippen LogP contribution in [0.1, 0.15) is 49.8 Å². The zero-order valence-electron chi connectivity index (χ0n) is 16.8. The molecule has 4 nitrogen and oxygen atoms in total. The molecule has 1 N–H and O–H groups in total. The minimum absolute atomic E-state index is 0.0298. The van der Waals surface area contributed by atoms with E-state index in [1.165, 1.54) is 11.1 Å². The number of hydrogen-bond acceptors (Lipinski definition) is 3. The number of rotatable bonds is 4. The van der Waals surface area contributed by atoms with Gasteiger partial charge in [-0.3, -0.25) is 4.79 Å². The fourth-order valence-corrected chi connectivity index (χ4v) is 3.73. The third-order valence-corrected chi connectivity index (χ3v) is 5.72. The zero-order chi connectivity index (χ0) is 20.6. The van der Waals surface area contributed by atoms with Gasteiger partial charge >= 0.3 is 0 Å². The molecule has 1 saturated carbocycles. The second-order valence-electron chi connectivity index (χ2n) is 8.62. The first-order valence-electron chi connectivity index (χ1n) is 9.81. The molecule has 0 unspecified atom stereocenters. The molecule has 1 aliphatic carbocycles.